The van der Waals surface area contributed by atoms with E-state index in [9.17, 15) is 0 Å². The molecule has 9 rings (SSSR count). The van der Waals surface area contributed by atoms with Crippen LogP contribution in [0.4, 0.5) is 28.4 Å². The van der Waals surface area contributed by atoms with Crippen molar-refractivity contribution in [2.45, 2.75) is 6.42 Å². The van der Waals surface area contributed by atoms with Gasteiger partial charge in [0.15, 0.2) is 0 Å². The molecular weight excluding hydrogens is 556 g/mol. The lowest BCUT2D eigenvalue weighted by Crippen LogP contribution is -2.26. The number of hydrogen-bond acceptors (Lipinski definition) is 2. The molecule has 218 valence electrons. The quantitative estimate of drug-likeness (QED) is 0.198. The van der Waals surface area contributed by atoms with Crippen LogP contribution in [0.1, 0.15) is 12.0 Å². The van der Waals surface area contributed by atoms with Gasteiger partial charge in [0.25, 0.3) is 0 Å². The van der Waals surface area contributed by atoms with Crippen molar-refractivity contribution in [1.82, 2.24) is 0 Å². The van der Waals surface area contributed by atoms with Gasteiger partial charge in [-0.2, -0.15) is 0 Å². The summed E-state index contributed by atoms with van der Waals surface area (Å²) in [5, 5.41) is 2.60. The van der Waals surface area contributed by atoms with Crippen LogP contribution in [0.5, 0.6) is 0 Å². The molecule has 1 aliphatic heterocycles. The van der Waals surface area contributed by atoms with E-state index in [1.54, 1.807) is 0 Å². The minimum absolute atomic E-state index is 0.389. The number of allylic oxidation sites excluding steroid dienone is 8. The van der Waals surface area contributed by atoms with Gasteiger partial charge in [-0.1, -0.05) is 115 Å². The highest BCUT2D eigenvalue weighted by Crippen LogP contribution is 2.51. The molecule has 46 heavy (non-hydrogen) atoms. The molecule has 6 aromatic carbocycles. The van der Waals surface area contributed by atoms with Gasteiger partial charge >= 0.3 is 0 Å². The second kappa shape index (κ2) is 10.9. The standard InChI is InChI=1S/C44H32N2/c1-3-12-31(13-4-1)33-18-9-21-39(28-33)45(36-19-5-2-6-20-36)37-24-26-38(27-25-37)46-42-23-11-17-32-16-10-22-40(44(32)42)41-29-34-14-7-8-15-35(34)30-43(41)46/h1-29,35H,30H2. The summed E-state index contributed by atoms with van der Waals surface area (Å²) < 4.78 is 0. The summed E-state index contributed by atoms with van der Waals surface area (Å²) in [5.74, 6) is 0.389. The molecule has 0 aromatic heterocycles. The van der Waals surface area contributed by atoms with Gasteiger partial charge < -0.3 is 9.80 Å². The van der Waals surface area contributed by atoms with Gasteiger partial charge in [0, 0.05) is 45.3 Å². The fourth-order valence-corrected chi connectivity index (χ4v) is 7.36. The molecule has 3 aliphatic rings. The van der Waals surface area contributed by atoms with Crippen LogP contribution in [0.2, 0.25) is 0 Å². The number of fused-ring (bicyclic) bond motifs is 2. The van der Waals surface area contributed by atoms with Crippen LogP contribution in [0.3, 0.4) is 0 Å². The van der Waals surface area contributed by atoms with Crippen LogP contribution in [0.25, 0.3) is 27.5 Å². The molecule has 2 aliphatic carbocycles. The molecule has 0 saturated carbocycles. The third-order valence-corrected chi connectivity index (χ3v) is 9.48. The van der Waals surface area contributed by atoms with E-state index in [0.717, 1.165) is 23.5 Å². The zero-order valence-corrected chi connectivity index (χ0v) is 25.4. The second-order valence-corrected chi connectivity index (χ2v) is 12.2. The average Bonchev–Trinajstić information content (AvgIpc) is 3.13. The van der Waals surface area contributed by atoms with Crippen molar-refractivity contribution >= 4 is 44.8 Å². The van der Waals surface area contributed by atoms with Crippen molar-refractivity contribution in [2.24, 2.45) is 5.92 Å². The lowest BCUT2D eigenvalue weighted by atomic mass is 9.78. The van der Waals surface area contributed by atoms with Crippen molar-refractivity contribution in [3.8, 4) is 11.1 Å². The summed E-state index contributed by atoms with van der Waals surface area (Å²) in [6, 6.07) is 52.6. The van der Waals surface area contributed by atoms with Crippen molar-refractivity contribution in [3.63, 3.8) is 0 Å². The molecule has 0 bridgehead atoms. The summed E-state index contributed by atoms with van der Waals surface area (Å²) >= 11 is 0. The molecule has 0 radical (unpaired) electrons. The Balaban J connectivity index is 1.17. The molecule has 0 amide bonds. The Kier molecular flexibility index (Phi) is 6.31. The number of para-hydroxylation sites is 1. The second-order valence-electron chi connectivity index (χ2n) is 12.2. The van der Waals surface area contributed by atoms with Crippen LogP contribution in [0, 0.1) is 5.92 Å². The van der Waals surface area contributed by atoms with Gasteiger partial charge in [0.1, 0.15) is 0 Å². The minimum atomic E-state index is 0.389. The van der Waals surface area contributed by atoms with Gasteiger partial charge in [0.05, 0.1) is 5.69 Å². The van der Waals surface area contributed by atoms with Crippen LogP contribution < -0.4 is 9.80 Å². The molecule has 6 aromatic rings. The highest BCUT2D eigenvalue weighted by molar-refractivity contribution is 6.10. The topological polar surface area (TPSA) is 6.48 Å². The van der Waals surface area contributed by atoms with E-state index in [1.807, 2.05) is 0 Å². The van der Waals surface area contributed by atoms with E-state index >= 15 is 0 Å². The van der Waals surface area contributed by atoms with Gasteiger partial charge in [-0.3, -0.25) is 0 Å². The van der Waals surface area contributed by atoms with E-state index in [2.05, 4.69) is 186 Å². The number of nitrogens with zero attached hydrogens (tertiary/aromatic N) is 2. The molecular formula is C44H32N2. The largest absolute Gasteiger partial charge is 0.313 e. The number of anilines is 5. The van der Waals surface area contributed by atoms with Crippen LogP contribution in [-0.4, -0.2) is 0 Å². The van der Waals surface area contributed by atoms with Crippen LogP contribution >= 0.6 is 0 Å². The first kappa shape index (κ1) is 26.5. The third kappa shape index (κ3) is 4.42. The predicted molar refractivity (Wildman–Crippen MR) is 194 cm³/mol. The summed E-state index contributed by atoms with van der Waals surface area (Å²) in [6.45, 7) is 0. The Morgan fingerprint density at radius 3 is 2.11 bits per heavy atom. The van der Waals surface area contributed by atoms with Crippen molar-refractivity contribution in [1.29, 1.82) is 0 Å². The highest BCUT2D eigenvalue weighted by atomic mass is 15.2. The van der Waals surface area contributed by atoms with E-state index in [0.29, 0.717) is 5.92 Å². The van der Waals surface area contributed by atoms with Crippen molar-refractivity contribution in [2.75, 3.05) is 9.80 Å². The Labute approximate surface area is 270 Å². The molecule has 1 unspecified atom stereocenters. The molecule has 0 spiro atoms. The normalized spacial score (nSPS) is 16.2. The number of benzene rings is 6. The summed E-state index contributed by atoms with van der Waals surface area (Å²) in [4.78, 5) is 4.86. The van der Waals surface area contributed by atoms with E-state index in [-0.39, 0.29) is 0 Å². The summed E-state index contributed by atoms with van der Waals surface area (Å²) in [7, 11) is 0. The number of hydrogen-bond donors (Lipinski definition) is 0. The maximum atomic E-state index is 2.51. The lowest BCUT2D eigenvalue weighted by Gasteiger charge is -2.39. The molecule has 0 saturated heterocycles. The molecule has 2 nitrogen and oxygen atoms in total. The molecule has 0 fully saturated rings. The molecule has 1 heterocycles. The first-order valence-electron chi connectivity index (χ1n) is 16.0. The smallest absolute Gasteiger partial charge is 0.0543 e. The van der Waals surface area contributed by atoms with Gasteiger partial charge in [-0.15, -0.1) is 0 Å². The third-order valence-electron chi connectivity index (χ3n) is 9.48. The Morgan fingerprint density at radius 2 is 1.28 bits per heavy atom. The van der Waals surface area contributed by atoms with Gasteiger partial charge in [-0.25, -0.2) is 0 Å². The maximum absolute atomic E-state index is 2.51. The van der Waals surface area contributed by atoms with E-state index < -0.39 is 0 Å². The first-order chi connectivity index (χ1) is 22.8. The maximum Gasteiger partial charge on any atom is 0.0543 e. The SMILES string of the molecule is C1=CC2=CC3=C(CC2C=C1)N(c1ccc(N(c2ccccc2)c2cccc(-c4ccccc4)c2)cc1)c1cccc2cccc3c12. The molecule has 0 N–H and O–H groups in total. The first-order valence-corrected chi connectivity index (χ1v) is 16.0. The molecule has 2 heteroatoms. The van der Waals surface area contributed by atoms with E-state index in [4.69, 9.17) is 0 Å². The number of rotatable bonds is 5. The highest BCUT2D eigenvalue weighted by Gasteiger charge is 2.32. The summed E-state index contributed by atoms with van der Waals surface area (Å²) in [5.41, 5.74) is 13.6. The van der Waals surface area contributed by atoms with Gasteiger partial charge in [0.2, 0.25) is 0 Å². The Bertz CT molecular complexity index is 2210. The predicted octanol–water partition coefficient (Wildman–Crippen LogP) is 11.9. The lowest BCUT2D eigenvalue weighted by molar-refractivity contribution is 0.736. The minimum Gasteiger partial charge on any atom is -0.313 e. The molecule has 1 atom stereocenters. The fourth-order valence-electron chi connectivity index (χ4n) is 7.36. The van der Waals surface area contributed by atoms with Crippen LogP contribution in [-0.2, 0) is 0 Å². The van der Waals surface area contributed by atoms with Gasteiger partial charge in [-0.05, 0) is 94.7 Å². The fraction of sp³-hybridized carbons (Fsp3) is 0.0455. The van der Waals surface area contributed by atoms with E-state index in [1.165, 1.54) is 55.7 Å². The summed E-state index contributed by atoms with van der Waals surface area (Å²) in [6.07, 6.45) is 12.4. The van der Waals surface area contributed by atoms with Crippen LogP contribution in [0.15, 0.2) is 187 Å². The zero-order chi connectivity index (χ0) is 30.5. The monoisotopic (exact) mass is 588 g/mol. The zero-order valence-electron chi connectivity index (χ0n) is 25.4. The Hall–Kier alpha value is -5.86. The average molecular weight is 589 g/mol. The van der Waals surface area contributed by atoms with Crippen molar-refractivity contribution in [3.05, 3.63) is 193 Å². The Morgan fingerprint density at radius 1 is 0.587 bits per heavy atom. The van der Waals surface area contributed by atoms with Crippen molar-refractivity contribution < 1.29 is 0 Å².